The zero-order valence-corrected chi connectivity index (χ0v) is 23.1. The molecule has 202 valence electrons. The Balaban J connectivity index is 1.59. The molecule has 5 rings (SSSR count). The van der Waals surface area contributed by atoms with Crippen LogP contribution in [0.25, 0.3) is 33.4 Å². The molecule has 1 amide bonds. The van der Waals surface area contributed by atoms with Crippen LogP contribution in [0, 0.1) is 0 Å². The Bertz CT molecular complexity index is 1670. The SMILES string of the molecule is C=C(C)C(=O)Nc1ccc(-c2c(-c3ccc(S(=O)(=O)N(C)C4CCCC4)cc3)c3c(N)ncnc3n2C)cc1. The molecule has 10 heteroatoms. The number of nitrogen functional groups attached to an aromatic ring is 1. The Labute approximate surface area is 228 Å². The third-order valence-electron chi connectivity index (χ3n) is 7.46. The largest absolute Gasteiger partial charge is 0.383 e. The van der Waals surface area contributed by atoms with Crippen LogP contribution in [0.1, 0.15) is 32.6 Å². The van der Waals surface area contributed by atoms with E-state index in [1.54, 1.807) is 26.1 Å². The number of amides is 1. The normalized spacial score (nSPS) is 14.3. The number of aromatic nitrogens is 3. The molecule has 0 unspecified atom stereocenters. The van der Waals surface area contributed by atoms with Crippen molar-refractivity contribution in [3.63, 3.8) is 0 Å². The first-order chi connectivity index (χ1) is 18.6. The minimum Gasteiger partial charge on any atom is -0.383 e. The van der Waals surface area contributed by atoms with Crippen LogP contribution in [0.3, 0.4) is 0 Å². The maximum atomic E-state index is 13.3. The Kier molecular flexibility index (Phi) is 7.00. The number of rotatable bonds is 7. The highest BCUT2D eigenvalue weighted by atomic mass is 32.2. The molecule has 1 aliphatic carbocycles. The molecule has 0 bridgehead atoms. The standard InChI is InChI=1S/C29H32N6O3S/c1-18(2)29(36)33-21-13-9-20(10-14-21)26-24(25-27(30)31-17-32-28(25)34(26)3)19-11-15-23(16-12-19)39(37,38)35(4)22-7-5-6-8-22/h9-17,22H,1,5-8H2,2-4H3,(H,33,36)(H2,30,31,32). The summed E-state index contributed by atoms with van der Waals surface area (Å²) in [5, 5.41) is 3.51. The van der Waals surface area contributed by atoms with Crippen LogP contribution < -0.4 is 11.1 Å². The van der Waals surface area contributed by atoms with Crippen molar-refractivity contribution in [2.75, 3.05) is 18.1 Å². The molecule has 1 saturated carbocycles. The number of hydrogen-bond donors (Lipinski definition) is 2. The number of hydrogen-bond acceptors (Lipinski definition) is 6. The second-order valence-corrected chi connectivity index (χ2v) is 12.0. The molecule has 2 aromatic heterocycles. The van der Waals surface area contributed by atoms with Gasteiger partial charge in [-0.05, 0) is 55.2 Å². The second-order valence-electron chi connectivity index (χ2n) is 10.0. The molecule has 39 heavy (non-hydrogen) atoms. The van der Waals surface area contributed by atoms with Gasteiger partial charge in [-0.15, -0.1) is 0 Å². The monoisotopic (exact) mass is 544 g/mol. The van der Waals surface area contributed by atoms with E-state index in [2.05, 4.69) is 21.9 Å². The zero-order chi connectivity index (χ0) is 27.9. The summed E-state index contributed by atoms with van der Waals surface area (Å²) in [5.74, 6) is 0.0876. The number of nitrogens with two attached hydrogens (primary N) is 1. The van der Waals surface area contributed by atoms with E-state index in [1.807, 2.05) is 48.0 Å². The molecule has 1 aliphatic rings. The predicted molar refractivity (Wildman–Crippen MR) is 154 cm³/mol. The summed E-state index contributed by atoms with van der Waals surface area (Å²) in [6, 6.07) is 14.4. The number of benzene rings is 2. The third kappa shape index (κ3) is 4.81. The summed E-state index contributed by atoms with van der Waals surface area (Å²) in [7, 11) is -0.0403. The average molecular weight is 545 g/mol. The predicted octanol–water partition coefficient (Wildman–Crippen LogP) is 4.96. The number of carbonyl (C=O) groups is 1. The zero-order valence-electron chi connectivity index (χ0n) is 22.3. The average Bonchev–Trinajstić information content (AvgIpc) is 3.56. The summed E-state index contributed by atoms with van der Waals surface area (Å²) in [6.45, 7) is 5.33. The van der Waals surface area contributed by atoms with Crippen molar-refractivity contribution in [3.05, 3.63) is 67.0 Å². The summed E-state index contributed by atoms with van der Waals surface area (Å²) in [5.41, 5.74) is 11.4. The number of carbonyl (C=O) groups excluding carboxylic acids is 1. The first kappa shape index (κ1) is 26.6. The first-order valence-electron chi connectivity index (χ1n) is 12.8. The van der Waals surface area contributed by atoms with Crippen molar-refractivity contribution in [2.45, 2.75) is 43.5 Å². The van der Waals surface area contributed by atoms with Gasteiger partial charge in [0.05, 0.1) is 16.0 Å². The number of sulfonamides is 1. The summed E-state index contributed by atoms with van der Waals surface area (Å²) < 4.78 is 30.1. The van der Waals surface area contributed by atoms with E-state index in [9.17, 15) is 13.2 Å². The number of anilines is 2. The highest BCUT2D eigenvalue weighted by molar-refractivity contribution is 7.89. The molecular formula is C29H32N6O3S. The Morgan fingerprint density at radius 2 is 1.67 bits per heavy atom. The minimum absolute atomic E-state index is 0.0412. The number of fused-ring (bicyclic) bond motifs is 1. The number of nitrogens with zero attached hydrogens (tertiary/aromatic N) is 4. The Morgan fingerprint density at radius 1 is 1.05 bits per heavy atom. The van der Waals surface area contributed by atoms with E-state index >= 15 is 0 Å². The second kappa shape index (κ2) is 10.3. The van der Waals surface area contributed by atoms with Gasteiger partial charge < -0.3 is 15.6 Å². The topological polar surface area (TPSA) is 123 Å². The lowest BCUT2D eigenvalue weighted by Crippen LogP contribution is -2.35. The first-order valence-corrected chi connectivity index (χ1v) is 14.3. The van der Waals surface area contributed by atoms with Gasteiger partial charge in [0.25, 0.3) is 5.91 Å². The fourth-order valence-electron chi connectivity index (χ4n) is 5.27. The maximum absolute atomic E-state index is 13.3. The molecule has 2 heterocycles. The number of aryl methyl sites for hydroxylation is 1. The molecule has 0 saturated heterocycles. The van der Waals surface area contributed by atoms with E-state index in [-0.39, 0.29) is 16.8 Å². The van der Waals surface area contributed by atoms with Crippen LogP contribution in [0.15, 0.2) is 71.9 Å². The van der Waals surface area contributed by atoms with Crippen LogP contribution in [-0.4, -0.2) is 46.3 Å². The lowest BCUT2D eigenvalue weighted by molar-refractivity contribution is -0.112. The molecule has 2 aromatic carbocycles. The van der Waals surface area contributed by atoms with Gasteiger partial charge in [0.15, 0.2) is 0 Å². The lowest BCUT2D eigenvalue weighted by Gasteiger charge is -2.23. The third-order valence-corrected chi connectivity index (χ3v) is 9.38. The quantitative estimate of drug-likeness (QED) is 0.317. The highest BCUT2D eigenvalue weighted by Crippen LogP contribution is 2.42. The van der Waals surface area contributed by atoms with Gasteiger partial charge in [0.2, 0.25) is 10.0 Å². The Morgan fingerprint density at radius 3 is 2.28 bits per heavy atom. The molecule has 0 atom stereocenters. The van der Waals surface area contributed by atoms with Gasteiger partial charge in [-0.25, -0.2) is 18.4 Å². The molecule has 1 fully saturated rings. The van der Waals surface area contributed by atoms with E-state index in [1.165, 1.54) is 10.6 Å². The van der Waals surface area contributed by atoms with Gasteiger partial charge in [0.1, 0.15) is 17.8 Å². The van der Waals surface area contributed by atoms with Crippen LogP contribution >= 0.6 is 0 Å². The van der Waals surface area contributed by atoms with Crippen molar-refractivity contribution in [2.24, 2.45) is 7.05 Å². The summed E-state index contributed by atoms with van der Waals surface area (Å²) in [6.07, 6.45) is 5.32. The van der Waals surface area contributed by atoms with Crippen LogP contribution in [0.2, 0.25) is 0 Å². The van der Waals surface area contributed by atoms with E-state index in [4.69, 9.17) is 5.73 Å². The van der Waals surface area contributed by atoms with Gasteiger partial charge >= 0.3 is 0 Å². The smallest absolute Gasteiger partial charge is 0.250 e. The van der Waals surface area contributed by atoms with Crippen molar-refractivity contribution in [3.8, 4) is 22.4 Å². The summed E-state index contributed by atoms with van der Waals surface area (Å²) in [4.78, 5) is 21.0. The fourth-order valence-corrected chi connectivity index (χ4v) is 6.68. The Hall–Kier alpha value is -4.02. The van der Waals surface area contributed by atoms with Gasteiger partial charge in [0, 0.05) is 37.0 Å². The molecule has 3 N–H and O–H groups in total. The minimum atomic E-state index is -3.61. The fraction of sp³-hybridized carbons (Fsp3) is 0.276. The van der Waals surface area contributed by atoms with Gasteiger partial charge in [-0.1, -0.05) is 43.7 Å². The molecule has 4 aromatic rings. The number of nitrogens with one attached hydrogen (secondary N) is 1. The van der Waals surface area contributed by atoms with Crippen molar-refractivity contribution >= 4 is 38.5 Å². The van der Waals surface area contributed by atoms with E-state index < -0.39 is 10.0 Å². The van der Waals surface area contributed by atoms with Crippen molar-refractivity contribution in [1.82, 2.24) is 18.8 Å². The molecular weight excluding hydrogens is 512 g/mol. The van der Waals surface area contributed by atoms with Crippen molar-refractivity contribution < 1.29 is 13.2 Å². The molecule has 0 radical (unpaired) electrons. The van der Waals surface area contributed by atoms with Crippen LogP contribution in [0.5, 0.6) is 0 Å². The molecule has 0 spiro atoms. The van der Waals surface area contributed by atoms with Gasteiger partial charge in [-0.2, -0.15) is 4.31 Å². The summed E-state index contributed by atoms with van der Waals surface area (Å²) >= 11 is 0. The highest BCUT2D eigenvalue weighted by Gasteiger charge is 2.30. The lowest BCUT2D eigenvalue weighted by atomic mass is 9.98. The van der Waals surface area contributed by atoms with Crippen LogP contribution in [0.4, 0.5) is 11.5 Å². The molecule has 0 aliphatic heterocycles. The maximum Gasteiger partial charge on any atom is 0.250 e. The van der Waals surface area contributed by atoms with E-state index in [0.29, 0.717) is 28.1 Å². The van der Waals surface area contributed by atoms with Crippen LogP contribution in [-0.2, 0) is 21.9 Å². The van der Waals surface area contributed by atoms with Crippen molar-refractivity contribution in [1.29, 1.82) is 0 Å². The van der Waals surface area contributed by atoms with E-state index in [0.717, 1.165) is 48.1 Å². The van der Waals surface area contributed by atoms with Gasteiger partial charge in [-0.3, -0.25) is 4.79 Å². The molecule has 9 nitrogen and oxygen atoms in total.